The monoisotopic (exact) mass is 447 g/mol. The van der Waals surface area contributed by atoms with E-state index in [0.29, 0.717) is 35.2 Å². The number of H-pyrrole nitrogens is 1. The first-order valence-corrected chi connectivity index (χ1v) is 11.2. The summed E-state index contributed by atoms with van der Waals surface area (Å²) < 4.78 is 4.63. The van der Waals surface area contributed by atoms with Gasteiger partial charge in [0.1, 0.15) is 0 Å². The van der Waals surface area contributed by atoms with Gasteiger partial charge in [-0.3, -0.25) is 9.69 Å². The number of hydrogen-bond acceptors (Lipinski definition) is 6. The number of fused-ring (bicyclic) bond motifs is 1. The van der Waals surface area contributed by atoms with Gasteiger partial charge in [-0.05, 0) is 38.4 Å². The summed E-state index contributed by atoms with van der Waals surface area (Å²) in [6.07, 6.45) is 0.645. The maximum absolute atomic E-state index is 13.1. The molecule has 0 bridgehead atoms. The Hall–Kier alpha value is -2.32. The van der Waals surface area contributed by atoms with Crippen LogP contribution in [0.4, 0.5) is 10.5 Å². The number of benzene rings is 1. The van der Waals surface area contributed by atoms with Crippen molar-refractivity contribution in [3.05, 3.63) is 23.0 Å². The number of piperazine rings is 1. The van der Waals surface area contributed by atoms with Gasteiger partial charge in [0.05, 0.1) is 28.9 Å². The van der Waals surface area contributed by atoms with E-state index < -0.39 is 11.5 Å². The third-order valence-electron chi connectivity index (χ3n) is 6.68. The van der Waals surface area contributed by atoms with E-state index in [9.17, 15) is 9.59 Å². The number of ether oxygens (including phenoxy) is 1. The lowest BCUT2D eigenvalue weighted by Gasteiger charge is -2.43. The minimum atomic E-state index is -0.558. The zero-order chi connectivity index (χ0) is 22.3. The number of nitrogens with zero attached hydrogens (tertiary/aromatic N) is 3. The van der Waals surface area contributed by atoms with Crippen molar-refractivity contribution in [1.29, 1.82) is 0 Å². The van der Waals surface area contributed by atoms with Crippen LogP contribution in [0.25, 0.3) is 11.0 Å². The zero-order valence-electron chi connectivity index (χ0n) is 18.5. The largest absolute Gasteiger partial charge is 0.453 e. The van der Waals surface area contributed by atoms with Gasteiger partial charge in [0, 0.05) is 37.1 Å². The van der Waals surface area contributed by atoms with Crippen LogP contribution in [0.1, 0.15) is 44.2 Å². The van der Waals surface area contributed by atoms with Crippen molar-refractivity contribution in [2.45, 2.75) is 45.7 Å². The number of carbonyl (C=O) groups is 2. The standard InChI is InChI=1S/C22H30ClN5O3/c1-5-27-6-7-28(13(2)12-27)18-9-17-16(8-15(18)23)25-20(26-17)19(29)22(3)10-14(11-22)24-21(30)31-4/h8-9,13-14H,5-7,10-12H2,1-4H3,(H,24,30)(H,25,26)/t13-,14?,22?/m0/s1. The second-order valence-electron chi connectivity index (χ2n) is 8.97. The lowest BCUT2D eigenvalue weighted by molar-refractivity contribution is 0.0536. The van der Waals surface area contributed by atoms with Crippen LogP contribution in [0.15, 0.2) is 12.1 Å². The van der Waals surface area contributed by atoms with Crippen LogP contribution in [-0.2, 0) is 4.74 Å². The summed E-state index contributed by atoms with van der Waals surface area (Å²) in [5.41, 5.74) is 1.90. The second kappa shape index (κ2) is 8.31. The van der Waals surface area contributed by atoms with E-state index in [4.69, 9.17) is 11.6 Å². The highest BCUT2D eigenvalue weighted by molar-refractivity contribution is 6.34. The van der Waals surface area contributed by atoms with Crippen molar-refractivity contribution >= 4 is 40.2 Å². The van der Waals surface area contributed by atoms with Gasteiger partial charge in [-0.25, -0.2) is 9.78 Å². The smallest absolute Gasteiger partial charge is 0.407 e. The molecule has 1 atom stereocenters. The van der Waals surface area contributed by atoms with Crippen molar-refractivity contribution in [2.24, 2.45) is 5.41 Å². The van der Waals surface area contributed by atoms with E-state index in [1.165, 1.54) is 7.11 Å². The van der Waals surface area contributed by atoms with Gasteiger partial charge in [0.15, 0.2) is 5.82 Å². The molecule has 1 aliphatic heterocycles. The quantitative estimate of drug-likeness (QED) is 0.682. The molecule has 31 heavy (non-hydrogen) atoms. The van der Waals surface area contributed by atoms with Gasteiger partial charge < -0.3 is 19.9 Å². The fourth-order valence-electron chi connectivity index (χ4n) is 4.85. The SMILES string of the molecule is CCN1CCN(c2cc3[nH]c(C(=O)C4(C)CC(NC(=O)OC)C4)nc3cc2Cl)[C@@H](C)C1. The Labute approximate surface area is 187 Å². The summed E-state index contributed by atoms with van der Waals surface area (Å²) in [6, 6.07) is 4.13. The van der Waals surface area contributed by atoms with Gasteiger partial charge in [0.2, 0.25) is 5.78 Å². The summed E-state index contributed by atoms with van der Waals surface area (Å²) >= 11 is 6.62. The minimum Gasteiger partial charge on any atom is -0.453 e. The molecule has 1 saturated carbocycles. The van der Waals surface area contributed by atoms with Crippen LogP contribution in [0.3, 0.4) is 0 Å². The summed E-state index contributed by atoms with van der Waals surface area (Å²) in [5, 5.41) is 3.39. The average Bonchev–Trinajstić information content (AvgIpc) is 3.13. The van der Waals surface area contributed by atoms with Gasteiger partial charge in [-0.1, -0.05) is 25.4 Å². The summed E-state index contributed by atoms with van der Waals surface area (Å²) in [6.45, 7) is 10.3. The van der Waals surface area contributed by atoms with Crippen molar-refractivity contribution < 1.29 is 14.3 Å². The topological polar surface area (TPSA) is 90.6 Å². The molecule has 2 fully saturated rings. The van der Waals surface area contributed by atoms with E-state index in [1.807, 2.05) is 19.1 Å². The number of rotatable bonds is 5. The molecule has 2 aromatic rings. The van der Waals surface area contributed by atoms with E-state index in [-0.39, 0.29) is 11.8 Å². The number of imidazole rings is 1. The second-order valence-corrected chi connectivity index (χ2v) is 9.38. The summed E-state index contributed by atoms with van der Waals surface area (Å²) in [4.78, 5) is 37.0. The number of alkyl carbamates (subject to hydrolysis) is 1. The Balaban J connectivity index is 1.53. The molecule has 8 nitrogen and oxygen atoms in total. The molecule has 1 aromatic carbocycles. The first-order valence-electron chi connectivity index (χ1n) is 10.8. The fraction of sp³-hybridized carbons (Fsp3) is 0.591. The molecule has 4 rings (SSSR count). The number of Topliss-reactive ketones (excluding diaryl/α,β-unsaturated/α-hetero) is 1. The highest BCUT2D eigenvalue weighted by atomic mass is 35.5. The molecule has 1 amide bonds. The first kappa shape index (κ1) is 21.9. The van der Waals surface area contributed by atoms with Gasteiger partial charge in [0.25, 0.3) is 0 Å². The molecule has 2 N–H and O–H groups in total. The Morgan fingerprint density at radius 1 is 1.35 bits per heavy atom. The Kier molecular flexibility index (Phi) is 5.87. The van der Waals surface area contributed by atoms with E-state index in [2.05, 4.69) is 43.7 Å². The Morgan fingerprint density at radius 2 is 2.10 bits per heavy atom. The predicted molar refractivity (Wildman–Crippen MR) is 121 cm³/mol. The number of hydrogen-bond donors (Lipinski definition) is 2. The normalized spacial score (nSPS) is 26.5. The first-order chi connectivity index (χ1) is 14.7. The lowest BCUT2D eigenvalue weighted by atomic mass is 9.64. The fourth-order valence-corrected chi connectivity index (χ4v) is 5.12. The third-order valence-corrected chi connectivity index (χ3v) is 6.99. The molecule has 168 valence electrons. The summed E-state index contributed by atoms with van der Waals surface area (Å²) in [7, 11) is 1.33. The van der Waals surface area contributed by atoms with Gasteiger partial charge >= 0.3 is 6.09 Å². The van der Waals surface area contributed by atoms with Gasteiger partial charge in [-0.15, -0.1) is 0 Å². The molecule has 0 spiro atoms. The predicted octanol–water partition coefficient (Wildman–Crippen LogP) is 3.45. The molecule has 0 unspecified atom stereocenters. The summed E-state index contributed by atoms with van der Waals surface area (Å²) in [5.74, 6) is 0.292. The van der Waals surface area contributed by atoms with Crippen LogP contribution in [-0.4, -0.2) is 72.1 Å². The number of ketones is 1. The van der Waals surface area contributed by atoms with Crippen LogP contribution in [0.5, 0.6) is 0 Å². The van der Waals surface area contributed by atoms with Crippen LogP contribution >= 0.6 is 11.6 Å². The number of anilines is 1. The Morgan fingerprint density at radius 3 is 2.74 bits per heavy atom. The molecule has 1 aliphatic carbocycles. The molecular weight excluding hydrogens is 418 g/mol. The minimum absolute atomic E-state index is 0.0470. The lowest BCUT2D eigenvalue weighted by Crippen LogP contribution is -2.53. The van der Waals surface area contributed by atoms with Crippen molar-refractivity contribution in [3.8, 4) is 0 Å². The molecule has 1 aromatic heterocycles. The highest BCUT2D eigenvalue weighted by Crippen LogP contribution is 2.43. The number of likely N-dealkylation sites (N-methyl/N-ethyl adjacent to an activating group) is 1. The number of aromatic nitrogens is 2. The molecule has 1 saturated heterocycles. The van der Waals surface area contributed by atoms with Crippen LogP contribution in [0.2, 0.25) is 5.02 Å². The van der Waals surface area contributed by atoms with Crippen molar-refractivity contribution in [2.75, 3.05) is 38.2 Å². The van der Waals surface area contributed by atoms with Crippen LogP contribution in [0, 0.1) is 5.41 Å². The van der Waals surface area contributed by atoms with Crippen molar-refractivity contribution in [3.63, 3.8) is 0 Å². The van der Waals surface area contributed by atoms with Crippen molar-refractivity contribution in [1.82, 2.24) is 20.2 Å². The molecular formula is C22H30ClN5O3. The number of halogens is 1. The average molecular weight is 448 g/mol. The number of nitrogens with one attached hydrogen (secondary N) is 2. The molecule has 0 radical (unpaired) electrons. The number of amides is 1. The number of methoxy groups -OCH3 is 1. The Bertz CT molecular complexity index is 1000. The number of aromatic amines is 1. The van der Waals surface area contributed by atoms with E-state index in [1.54, 1.807) is 0 Å². The van der Waals surface area contributed by atoms with Gasteiger partial charge in [-0.2, -0.15) is 0 Å². The molecule has 2 heterocycles. The molecule has 2 aliphatic rings. The van der Waals surface area contributed by atoms with Crippen LogP contribution < -0.4 is 10.2 Å². The maximum Gasteiger partial charge on any atom is 0.407 e. The van der Waals surface area contributed by atoms with E-state index >= 15 is 0 Å². The zero-order valence-corrected chi connectivity index (χ0v) is 19.3. The maximum atomic E-state index is 13.1. The van der Waals surface area contributed by atoms with E-state index in [0.717, 1.165) is 37.4 Å². The molecule has 9 heteroatoms. The highest BCUT2D eigenvalue weighted by Gasteiger charge is 2.48. The third kappa shape index (κ3) is 4.11. The number of carbonyl (C=O) groups excluding carboxylic acids is 2.